The Morgan fingerprint density at radius 1 is 0.680 bits per heavy atom. The van der Waals surface area contributed by atoms with Crippen LogP contribution in [0.4, 0.5) is 0 Å². The van der Waals surface area contributed by atoms with E-state index in [1.54, 1.807) is 11.1 Å². The van der Waals surface area contributed by atoms with Crippen LogP contribution in [0.5, 0.6) is 0 Å². The van der Waals surface area contributed by atoms with Crippen molar-refractivity contribution in [2.45, 2.75) is 78.1 Å². The van der Waals surface area contributed by atoms with Crippen molar-refractivity contribution >= 4 is 24.8 Å². The summed E-state index contributed by atoms with van der Waals surface area (Å²) in [4.78, 5) is 0. The molecule has 0 saturated heterocycles. The molecular formula is C22H32Cl2Zr. The van der Waals surface area contributed by atoms with Crippen LogP contribution in [0.1, 0.15) is 78.1 Å². The molecule has 0 spiro atoms. The van der Waals surface area contributed by atoms with Gasteiger partial charge in [0.15, 0.2) is 0 Å². The van der Waals surface area contributed by atoms with Gasteiger partial charge < -0.3 is 0 Å². The maximum absolute atomic E-state index is 2.55. The average molecular weight is 459 g/mol. The molecule has 0 amide bonds. The smallest absolute Gasteiger partial charge is 0.147 e. The SMILES string of the molecule is CC1(C2=[C]([Zr][C]3=C(C4(C)CCCC4)C=CC3)CC=C2)CCCC1.Cl.Cl. The molecule has 0 bridgehead atoms. The molecule has 4 aliphatic carbocycles. The summed E-state index contributed by atoms with van der Waals surface area (Å²) in [7, 11) is 0. The second-order valence-corrected chi connectivity index (χ2v) is 12.2. The number of hydrogen-bond donors (Lipinski definition) is 0. The van der Waals surface area contributed by atoms with Crippen LogP contribution in [0.2, 0.25) is 0 Å². The third-order valence-corrected chi connectivity index (χ3v) is 10.7. The van der Waals surface area contributed by atoms with E-state index in [1.165, 1.54) is 64.2 Å². The normalized spacial score (nSPS) is 26.2. The molecule has 138 valence electrons. The molecule has 0 aromatic rings. The van der Waals surface area contributed by atoms with Gasteiger partial charge in [-0.2, -0.15) is 0 Å². The summed E-state index contributed by atoms with van der Waals surface area (Å²) in [5.41, 5.74) is 4.62. The Morgan fingerprint density at radius 2 is 1.04 bits per heavy atom. The molecule has 0 N–H and O–H groups in total. The van der Waals surface area contributed by atoms with Gasteiger partial charge in [0.25, 0.3) is 0 Å². The third-order valence-electron chi connectivity index (χ3n) is 6.88. The third kappa shape index (κ3) is 4.15. The summed E-state index contributed by atoms with van der Waals surface area (Å²) in [5.74, 6) is 0. The van der Waals surface area contributed by atoms with Gasteiger partial charge in [-0.15, -0.1) is 24.8 Å². The Bertz CT molecular complexity index is 558. The molecular weight excluding hydrogens is 426 g/mol. The fourth-order valence-electron chi connectivity index (χ4n) is 5.41. The molecule has 0 unspecified atom stereocenters. The zero-order valence-electron chi connectivity index (χ0n) is 15.7. The Morgan fingerprint density at radius 3 is 1.40 bits per heavy atom. The van der Waals surface area contributed by atoms with E-state index in [1.807, 2.05) is 6.56 Å². The quantitative estimate of drug-likeness (QED) is 0.409. The van der Waals surface area contributed by atoms with Crippen molar-refractivity contribution in [2.75, 3.05) is 0 Å². The minimum atomic E-state index is -0.570. The Labute approximate surface area is 178 Å². The first-order chi connectivity index (χ1) is 11.1. The average Bonchev–Trinajstić information content (AvgIpc) is 3.27. The van der Waals surface area contributed by atoms with Crippen molar-refractivity contribution in [1.82, 2.24) is 0 Å². The van der Waals surface area contributed by atoms with Crippen LogP contribution in [0, 0.1) is 10.8 Å². The molecule has 0 aromatic carbocycles. The predicted octanol–water partition coefficient (Wildman–Crippen LogP) is 7.50. The molecule has 3 heteroatoms. The van der Waals surface area contributed by atoms with Crippen molar-refractivity contribution in [3.05, 3.63) is 42.0 Å². The summed E-state index contributed by atoms with van der Waals surface area (Å²) < 4.78 is 3.83. The predicted molar refractivity (Wildman–Crippen MR) is 109 cm³/mol. The Balaban J connectivity index is 0.00000113. The first kappa shape index (κ1) is 21.7. The van der Waals surface area contributed by atoms with Crippen LogP contribution in [0.15, 0.2) is 42.0 Å². The van der Waals surface area contributed by atoms with E-state index >= 15 is 0 Å². The first-order valence-electron chi connectivity index (χ1n) is 9.68. The van der Waals surface area contributed by atoms with Crippen molar-refractivity contribution in [3.8, 4) is 0 Å². The summed E-state index contributed by atoms with van der Waals surface area (Å²) in [5, 5.41) is 0. The van der Waals surface area contributed by atoms with E-state index in [0.717, 1.165) is 0 Å². The molecule has 0 heterocycles. The van der Waals surface area contributed by atoms with Crippen molar-refractivity contribution < 1.29 is 23.2 Å². The van der Waals surface area contributed by atoms with Gasteiger partial charge in [-0.3, -0.25) is 0 Å². The van der Waals surface area contributed by atoms with Crippen LogP contribution in [0.25, 0.3) is 0 Å². The number of rotatable bonds is 4. The molecule has 0 nitrogen and oxygen atoms in total. The van der Waals surface area contributed by atoms with Gasteiger partial charge in [-0.25, -0.2) is 0 Å². The molecule has 4 aliphatic rings. The van der Waals surface area contributed by atoms with E-state index in [0.29, 0.717) is 10.8 Å². The molecule has 4 rings (SSSR count). The summed E-state index contributed by atoms with van der Waals surface area (Å²) in [6, 6.07) is 0. The van der Waals surface area contributed by atoms with Gasteiger partial charge >= 0.3 is 154 Å². The van der Waals surface area contributed by atoms with E-state index in [2.05, 4.69) is 38.2 Å². The van der Waals surface area contributed by atoms with E-state index < -0.39 is 23.2 Å². The molecule has 0 atom stereocenters. The standard InChI is InChI=1S/2C11H15.2ClH.Zr/c2*1-11(8-4-5-9-11)10-6-2-3-7-10;;;/h2*2,6H,3-5,8-9H2,1H3;2*1H;. The van der Waals surface area contributed by atoms with Crippen LogP contribution in [0.3, 0.4) is 0 Å². The molecule has 0 radical (unpaired) electrons. The topological polar surface area (TPSA) is 0 Å². The molecule has 25 heavy (non-hydrogen) atoms. The van der Waals surface area contributed by atoms with Gasteiger partial charge in [0.05, 0.1) is 0 Å². The Kier molecular flexibility index (Phi) is 7.49. The summed E-state index contributed by atoms with van der Waals surface area (Å²) in [6.07, 6.45) is 24.0. The Hall–Kier alpha value is 0.423. The largest absolute Gasteiger partial charge is 0.147 e. The van der Waals surface area contributed by atoms with Crippen molar-refractivity contribution in [2.24, 2.45) is 10.8 Å². The molecule has 0 aromatic heterocycles. The number of halogens is 2. The van der Waals surface area contributed by atoms with Gasteiger partial charge in [-0.1, -0.05) is 0 Å². The van der Waals surface area contributed by atoms with Gasteiger partial charge in [0, 0.05) is 0 Å². The maximum Gasteiger partial charge on any atom is -0.147 e. The summed E-state index contributed by atoms with van der Waals surface area (Å²) >= 11 is -0.570. The summed E-state index contributed by atoms with van der Waals surface area (Å²) in [6.45, 7) is 5.09. The monoisotopic (exact) mass is 456 g/mol. The second-order valence-electron chi connectivity index (χ2n) is 8.66. The zero-order chi connectivity index (χ0) is 15.9. The van der Waals surface area contributed by atoms with Gasteiger partial charge in [-0.05, 0) is 0 Å². The minimum absolute atomic E-state index is 0. The second kappa shape index (κ2) is 8.62. The number of hydrogen-bond acceptors (Lipinski definition) is 0. The maximum atomic E-state index is 2.55. The van der Waals surface area contributed by atoms with Gasteiger partial charge in [0.1, 0.15) is 0 Å². The fraction of sp³-hybridized carbons (Fsp3) is 0.636. The van der Waals surface area contributed by atoms with Crippen LogP contribution >= 0.6 is 24.8 Å². The molecule has 2 saturated carbocycles. The van der Waals surface area contributed by atoms with Crippen LogP contribution in [-0.2, 0) is 23.2 Å². The fourth-order valence-corrected chi connectivity index (χ4v) is 9.94. The molecule has 2 fully saturated rings. The van der Waals surface area contributed by atoms with E-state index in [-0.39, 0.29) is 24.8 Å². The first-order valence-corrected chi connectivity index (χ1v) is 12.1. The van der Waals surface area contributed by atoms with Crippen molar-refractivity contribution in [1.29, 1.82) is 0 Å². The molecule has 0 aliphatic heterocycles. The van der Waals surface area contributed by atoms with E-state index in [9.17, 15) is 0 Å². The number of allylic oxidation sites excluding steroid dienone is 8. The van der Waals surface area contributed by atoms with Gasteiger partial charge in [0.2, 0.25) is 0 Å². The zero-order valence-corrected chi connectivity index (χ0v) is 19.8. The van der Waals surface area contributed by atoms with Crippen molar-refractivity contribution in [3.63, 3.8) is 0 Å². The van der Waals surface area contributed by atoms with E-state index in [4.69, 9.17) is 0 Å². The van der Waals surface area contributed by atoms with Crippen LogP contribution in [-0.4, -0.2) is 0 Å². The minimum Gasteiger partial charge on any atom is -0.147 e. The van der Waals surface area contributed by atoms with Crippen LogP contribution < -0.4 is 0 Å².